The van der Waals surface area contributed by atoms with Crippen LogP contribution < -0.4 is 10.1 Å². The van der Waals surface area contributed by atoms with Crippen molar-refractivity contribution in [2.24, 2.45) is 0 Å². The average molecular weight is 271 g/mol. The lowest BCUT2D eigenvalue weighted by Gasteiger charge is -2.29. The molecule has 0 radical (unpaired) electrons. The zero-order valence-corrected chi connectivity index (χ0v) is 13.0. The molecule has 0 atom stereocenters. The molecule has 20 heavy (non-hydrogen) atoms. The van der Waals surface area contributed by atoms with E-state index in [0.29, 0.717) is 0 Å². The lowest BCUT2D eigenvalue weighted by molar-refractivity contribution is 0.326. The molecule has 2 aromatic rings. The molecule has 2 nitrogen and oxygen atoms in total. The largest absolute Gasteiger partial charge is 0.496 e. The van der Waals surface area contributed by atoms with Crippen LogP contribution in [0.25, 0.3) is 10.8 Å². The van der Waals surface area contributed by atoms with Crippen LogP contribution in [0, 0.1) is 0 Å². The number of hydrogen-bond donors (Lipinski definition) is 1. The Hall–Kier alpha value is -1.54. The summed E-state index contributed by atoms with van der Waals surface area (Å²) < 4.78 is 5.55. The quantitative estimate of drug-likeness (QED) is 0.834. The lowest BCUT2D eigenvalue weighted by atomic mass is 9.94. The Morgan fingerprint density at radius 2 is 1.75 bits per heavy atom. The molecule has 0 aliphatic carbocycles. The minimum absolute atomic E-state index is 0.182. The summed E-state index contributed by atoms with van der Waals surface area (Å²) in [6.45, 7) is 7.58. The topological polar surface area (TPSA) is 21.3 Å². The van der Waals surface area contributed by atoms with E-state index in [9.17, 15) is 0 Å². The predicted octanol–water partition coefficient (Wildman–Crippen LogP) is 4.52. The number of fused-ring (bicyclic) bond motifs is 1. The summed E-state index contributed by atoms with van der Waals surface area (Å²) >= 11 is 0. The molecule has 0 saturated heterocycles. The van der Waals surface area contributed by atoms with E-state index in [1.165, 1.54) is 16.3 Å². The molecular weight excluding hydrogens is 246 g/mol. The fourth-order valence-electron chi connectivity index (χ4n) is 2.49. The van der Waals surface area contributed by atoms with Gasteiger partial charge in [-0.1, -0.05) is 44.2 Å². The van der Waals surface area contributed by atoms with Crippen molar-refractivity contribution in [3.63, 3.8) is 0 Å². The molecule has 2 heteroatoms. The van der Waals surface area contributed by atoms with Gasteiger partial charge in [0.25, 0.3) is 0 Å². The van der Waals surface area contributed by atoms with E-state index in [1.807, 2.05) is 0 Å². The van der Waals surface area contributed by atoms with Crippen LogP contribution in [0.1, 0.15) is 39.2 Å². The molecular formula is C18H25NO. The van der Waals surface area contributed by atoms with E-state index in [1.54, 1.807) is 7.11 Å². The lowest BCUT2D eigenvalue weighted by Crippen LogP contribution is -2.40. The molecule has 0 spiro atoms. The van der Waals surface area contributed by atoms with E-state index in [0.717, 1.165) is 25.1 Å². The van der Waals surface area contributed by atoms with Crippen LogP contribution in [-0.2, 0) is 6.54 Å². The van der Waals surface area contributed by atoms with Crippen molar-refractivity contribution in [2.75, 3.05) is 7.11 Å². The first-order chi connectivity index (χ1) is 9.63. The molecule has 0 saturated carbocycles. The van der Waals surface area contributed by atoms with E-state index in [2.05, 4.69) is 62.5 Å². The number of methoxy groups -OCH3 is 1. The minimum Gasteiger partial charge on any atom is -0.496 e. The third-order valence-electron chi connectivity index (χ3n) is 4.47. The minimum atomic E-state index is 0.182. The van der Waals surface area contributed by atoms with E-state index in [4.69, 9.17) is 4.74 Å². The number of nitrogens with one attached hydrogen (secondary N) is 1. The molecule has 0 bridgehead atoms. The van der Waals surface area contributed by atoms with Gasteiger partial charge in [0.2, 0.25) is 0 Å². The molecule has 0 fully saturated rings. The van der Waals surface area contributed by atoms with Crippen molar-refractivity contribution in [2.45, 2.75) is 45.7 Å². The highest BCUT2D eigenvalue weighted by atomic mass is 16.5. The van der Waals surface area contributed by atoms with Gasteiger partial charge in [-0.25, -0.2) is 0 Å². The molecule has 108 valence electrons. The van der Waals surface area contributed by atoms with Gasteiger partial charge in [0.15, 0.2) is 0 Å². The Balaban J connectivity index is 2.36. The maximum atomic E-state index is 5.55. The van der Waals surface area contributed by atoms with Crippen LogP contribution in [0.2, 0.25) is 0 Å². The second kappa shape index (κ2) is 6.27. The van der Waals surface area contributed by atoms with Gasteiger partial charge in [-0.05, 0) is 36.6 Å². The normalized spacial score (nSPS) is 11.8. The van der Waals surface area contributed by atoms with Gasteiger partial charge in [0.1, 0.15) is 5.75 Å². The summed E-state index contributed by atoms with van der Waals surface area (Å²) in [7, 11) is 1.74. The third-order valence-corrected chi connectivity index (χ3v) is 4.47. The Labute approximate surface area is 122 Å². The Morgan fingerprint density at radius 1 is 1.05 bits per heavy atom. The molecule has 2 rings (SSSR count). The molecule has 0 heterocycles. The number of ether oxygens (including phenoxy) is 1. The molecule has 0 aliphatic rings. The van der Waals surface area contributed by atoms with Crippen molar-refractivity contribution in [1.82, 2.24) is 5.32 Å². The maximum Gasteiger partial charge on any atom is 0.123 e. The Bertz CT molecular complexity index is 573. The third kappa shape index (κ3) is 2.96. The smallest absolute Gasteiger partial charge is 0.123 e. The average Bonchev–Trinajstić information content (AvgIpc) is 2.52. The zero-order valence-electron chi connectivity index (χ0n) is 13.0. The van der Waals surface area contributed by atoms with Gasteiger partial charge in [-0.15, -0.1) is 0 Å². The summed E-state index contributed by atoms with van der Waals surface area (Å²) in [6.07, 6.45) is 2.24. The van der Waals surface area contributed by atoms with Crippen molar-refractivity contribution >= 4 is 10.8 Å². The molecule has 0 aliphatic heterocycles. The summed E-state index contributed by atoms with van der Waals surface area (Å²) in [6, 6.07) is 12.7. The Morgan fingerprint density at radius 3 is 2.40 bits per heavy atom. The fourth-order valence-corrected chi connectivity index (χ4v) is 2.49. The number of hydrogen-bond acceptors (Lipinski definition) is 2. The number of rotatable bonds is 6. The first-order valence-electron chi connectivity index (χ1n) is 7.43. The van der Waals surface area contributed by atoms with Gasteiger partial charge in [-0.2, -0.15) is 0 Å². The maximum absolute atomic E-state index is 5.55. The monoisotopic (exact) mass is 271 g/mol. The second-order valence-electron chi connectivity index (χ2n) is 5.59. The highest BCUT2D eigenvalue weighted by Crippen LogP contribution is 2.28. The number of benzene rings is 2. The van der Waals surface area contributed by atoms with Crippen molar-refractivity contribution < 1.29 is 4.74 Å². The van der Waals surface area contributed by atoms with Crippen LogP contribution >= 0.6 is 0 Å². The molecule has 2 aromatic carbocycles. The SMILES string of the molecule is CCC(C)(CC)NCc1c(OC)ccc2ccccc12. The van der Waals surface area contributed by atoms with Gasteiger partial charge < -0.3 is 10.1 Å². The standard InChI is InChI=1S/C18H25NO/c1-5-18(3,6-2)19-13-16-15-10-8-7-9-14(15)11-12-17(16)20-4/h7-12,19H,5-6,13H2,1-4H3. The zero-order chi connectivity index (χ0) is 14.6. The van der Waals surface area contributed by atoms with Crippen LogP contribution in [0.15, 0.2) is 36.4 Å². The first-order valence-corrected chi connectivity index (χ1v) is 7.43. The second-order valence-corrected chi connectivity index (χ2v) is 5.59. The molecule has 0 unspecified atom stereocenters. The summed E-state index contributed by atoms with van der Waals surface area (Å²) in [5, 5.41) is 6.23. The van der Waals surface area contributed by atoms with E-state index >= 15 is 0 Å². The molecule has 0 aromatic heterocycles. The summed E-state index contributed by atoms with van der Waals surface area (Å²) in [5.41, 5.74) is 1.43. The summed E-state index contributed by atoms with van der Waals surface area (Å²) in [5.74, 6) is 0.964. The first kappa shape index (κ1) is 14.9. The van der Waals surface area contributed by atoms with Gasteiger partial charge in [0.05, 0.1) is 7.11 Å². The molecule has 1 N–H and O–H groups in total. The van der Waals surface area contributed by atoms with Crippen molar-refractivity contribution in [1.29, 1.82) is 0 Å². The fraction of sp³-hybridized carbons (Fsp3) is 0.444. The van der Waals surface area contributed by atoms with E-state index in [-0.39, 0.29) is 5.54 Å². The molecule has 0 amide bonds. The van der Waals surface area contributed by atoms with Crippen LogP contribution in [0.4, 0.5) is 0 Å². The highest BCUT2D eigenvalue weighted by molar-refractivity contribution is 5.87. The van der Waals surface area contributed by atoms with Crippen molar-refractivity contribution in [3.8, 4) is 5.75 Å². The van der Waals surface area contributed by atoms with Gasteiger partial charge >= 0.3 is 0 Å². The van der Waals surface area contributed by atoms with Gasteiger partial charge in [0, 0.05) is 17.6 Å². The van der Waals surface area contributed by atoms with E-state index < -0.39 is 0 Å². The van der Waals surface area contributed by atoms with Crippen LogP contribution in [0.3, 0.4) is 0 Å². The highest BCUT2D eigenvalue weighted by Gasteiger charge is 2.19. The Kier molecular flexibility index (Phi) is 4.66. The van der Waals surface area contributed by atoms with Crippen LogP contribution in [0.5, 0.6) is 5.75 Å². The predicted molar refractivity (Wildman–Crippen MR) is 86.3 cm³/mol. The van der Waals surface area contributed by atoms with Gasteiger partial charge in [-0.3, -0.25) is 0 Å². The van der Waals surface area contributed by atoms with Crippen molar-refractivity contribution in [3.05, 3.63) is 42.0 Å². The summed E-state index contributed by atoms with van der Waals surface area (Å²) in [4.78, 5) is 0. The van der Waals surface area contributed by atoms with Crippen LogP contribution in [-0.4, -0.2) is 12.6 Å².